The van der Waals surface area contributed by atoms with Gasteiger partial charge in [0.1, 0.15) is 6.61 Å². The van der Waals surface area contributed by atoms with Crippen LogP contribution >= 0.6 is 0 Å². The van der Waals surface area contributed by atoms with Crippen molar-refractivity contribution in [2.45, 2.75) is 31.6 Å². The summed E-state index contributed by atoms with van der Waals surface area (Å²) >= 11 is 0. The Bertz CT molecular complexity index is 319. The second-order valence-corrected chi connectivity index (χ2v) is 4.33. The van der Waals surface area contributed by atoms with Crippen molar-refractivity contribution in [2.24, 2.45) is 5.92 Å². The third-order valence-corrected chi connectivity index (χ3v) is 3.03. The van der Waals surface area contributed by atoms with Crippen LogP contribution in [0.15, 0.2) is 0 Å². The van der Waals surface area contributed by atoms with Crippen LogP contribution in [0, 0.1) is 5.92 Å². The van der Waals surface area contributed by atoms with Gasteiger partial charge in [-0.15, -0.1) is 0 Å². The highest BCUT2D eigenvalue weighted by atomic mass is 19.3. The smallest absolute Gasteiger partial charge is 0.416 e. The van der Waals surface area contributed by atoms with Gasteiger partial charge in [-0.2, -0.15) is 0 Å². The predicted molar refractivity (Wildman–Crippen MR) is 50.0 cm³/mol. The third kappa shape index (κ3) is 2.31. The molecule has 2 amide bonds. The first-order valence-corrected chi connectivity index (χ1v) is 5.33. The zero-order valence-corrected chi connectivity index (χ0v) is 8.75. The molecular weight excluding hydrogens is 220 g/mol. The molecule has 1 aliphatic heterocycles. The van der Waals surface area contributed by atoms with Crippen molar-refractivity contribution < 1.29 is 23.1 Å². The number of halogens is 2. The van der Waals surface area contributed by atoms with Crippen LogP contribution in [0.1, 0.15) is 25.7 Å². The van der Waals surface area contributed by atoms with Crippen molar-refractivity contribution in [2.75, 3.05) is 13.2 Å². The van der Waals surface area contributed by atoms with Crippen molar-refractivity contribution in [3.05, 3.63) is 0 Å². The van der Waals surface area contributed by atoms with Gasteiger partial charge in [0.05, 0.1) is 6.54 Å². The molecule has 0 aromatic rings. The van der Waals surface area contributed by atoms with Gasteiger partial charge < -0.3 is 4.74 Å². The summed E-state index contributed by atoms with van der Waals surface area (Å²) in [6, 6.07) is 0. The summed E-state index contributed by atoms with van der Waals surface area (Å²) in [6.45, 7) is 0.437. The fraction of sp³-hybridized carbons (Fsp3) is 0.800. The van der Waals surface area contributed by atoms with E-state index in [0.29, 0.717) is 6.42 Å². The minimum Gasteiger partial charge on any atom is -0.447 e. The molecular formula is C10H13F2NO3. The SMILES string of the molecule is O=C(CC1CCC(F)(F)C1)N1CCOC1=O. The molecule has 6 heteroatoms. The van der Waals surface area contributed by atoms with E-state index >= 15 is 0 Å². The van der Waals surface area contributed by atoms with Crippen molar-refractivity contribution in [1.29, 1.82) is 0 Å². The van der Waals surface area contributed by atoms with Crippen LogP contribution in [0.3, 0.4) is 0 Å². The van der Waals surface area contributed by atoms with Gasteiger partial charge in [-0.3, -0.25) is 4.79 Å². The van der Waals surface area contributed by atoms with Gasteiger partial charge in [-0.1, -0.05) is 0 Å². The van der Waals surface area contributed by atoms with E-state index in [9.17, 15) is 18.4 Å². The Hall–Kier alpha value is -1.20. The fourth-order valence-electron chi connectivity index (χ4n) is 2.19. The first-order valence-electron chi connectivity index (χ1n) is 5.33. The monoisotopic (exact) mass is 233 g/mol. The first kappa shape index (κ1) is 11.3. The molecule has 0 radical (unpaired) electrons. The number of rotatable bonds is 2. The van der Waals surface area contributed by atoms with Crippen LogP contribution < -0.4 is 0 Å². The van der Waals surface area contributed by atoms with Gasteiger partial charge in [0, 0.05) is 19.3 Å². The van der Waals surface area contributed by atoms with E-state index in [1.165, 1.54) is 0 Å². The van der Waals surface area contributed by atoms with Crippen LogP contribution in [0.2, 0.25) is 0 Å². The highest BCUT2D eigenvalue weighted by Crippen LogP contribution is 2.40. The van der Waals surface area contributed by atoms with E-state index in [2.05, 4.69) is 4.74 Å². The first-order chi connectivity index (χ1) is 7.48. The number of alkyl halides is 2. The van der Waals surface area contributed by atoms with Crippen molar-refractivity contribution >= 4 is 12.0 Å². The lowest BCUT2D eigenvalue weighted by molar-refractivity contribution is -0.128. The maximum Gasteiger partial charge on any atom is 0.416 e. The molecule has 0 spiro atoms. The van der Waals surface area contributed by atoms with Gasteiger partial charge in [-0.05, 0) is 12.3 Å². The van der Waals surface area contributed by atoms with Gasteiger partial charge >= 0.3 is 6.09 Å². The number of hydrogen-bond donors (Lipinski definition) is 0. The van der Waals surface area contributed by atoms with E-state index in [0.717, 1.165) is 4.90 Å². The molecule has 0 N–H and O–H groups in total. The summed E-state index contributed by atoms with van der Waals surface area (Å²) < 4.78 is 30.4. The molecule has 2 rings (SSSR count). The minimum absolute atomic E-state index is 0.0185. The fourth-order valence-corrected chi connectivity index (χ4v) is 2.19. The lowest BCUT2D eigenvalue weighted by atomic mass is 10.0. The zero-order chi connectivity index (χ0) is 11.8. The topological polar surface area (TPSA) is 46.6 Å². The van der Waals surface area contributed by atoms with Gasteiger partial charge in [0.25, 0.3) is 0 Å². The Balaban J connectivity index is 1.86. The number of ether oxygens (including phenoxy) is 1. The van der Waals surface area contributed by atoms with E-state index in [4.69, 9.17) is 0 Å². The second kappa shape index (κ2) is 3.99. The molecule has 0 aromatic carbocycles. The average Bonchev–Trinajstić information content (AvgIpc) is 2.72. The summed E-state index contributed by atoms with van der Waals surface area (Å²) in [5.41, 5.74) is 0. The summed E-state index contributed by atoms with van der Waals surface area (Å²) in [7, 11) is 0. The Kier molecular flexibility index (Phi) is 2.82. The number of hydrogen-bond acceptors (Lipinski definition) is 3. The maximum atomic E-state index is 12.9. The van der Waals surface area contributed by atoms with E-state index < -0.39 is 17.9 Å². The maximum absolute atomic E-state index is 12.9. The third-order valence-electron chi connectivity index (χ3n) is 3.03. The molecule has 4 nitrogen and oxygen atoms in total. The number of amides is 2. The van der Waals surface area contributed by atoms with Gasteiger partial charge in [0.15, 0.2) is 0 Å². The van der Waals surface area contributed by atoms with Crippen LogP contribution in [0.25, 0.3) is 0 Å². The van der Waals surface area contributed by atoms with Crippen LogP contribution in [0.5, 0.6) is 0 Å². The van der Waals surface area contributed by atoms with Gasteiger partial charge in [0.2, 0.25) is 11.8 Å². The molecule has 1 unspecified atom stereocenters. The van der Waals surface area contributed by atoms with Crippen LogP contribution in [-0.4, -0.2) is 36.0 Å². The zero-order valence-electron chi connectivity index (χ0n) is 8.75. The van der Waals surface area contributed by atoms with Crippen LogP contribution in [0.4, 0.5) is 13.6 Å². The standard InChI is InChI=1S/C10H13F2NO3/c11-10(12)2-1-7(6-10)5-8(14)13-3-4-16-9(13)15/h7H,1-6H2. The number of carbonyl (C=O) groups excluding carboxylic acids is 2. The Morgan fingerprint density at radius 1 is 1.56 bits per heavy atom. The molecule has 1 atom stereocenters. The number of carbonyl (C=O) groups is 2. The number of cyclic esters (lactones) is 1. The lowest BCUT2D eigenvalue weighted by Gasteiger charge is -2.14. The highest BCUT2D eigenvalue weighted by molar-refractivity contribution is 5.93. The second-order valence-electron chi connectivity index (χ2n) is 4.33. The molecule has 1 aliphatic carbocycles. The molecule has 16 heavy (non-hydrogen) atoms. The van der Waals surface area contributed by atoms with Crippen molar-refractivity contribution in [3.8, 4) is 0 Å². The molecule has 0 bridgehead atoms. The predicted octanol–water partition coefficient (Wildman–Crippen LogP) is 1.79. The molecule has 1 saturated carbocycles. The molecule has 2 fully saturated rings. The quantitative estimate of drug-likeness (QED) is 0.730. The molecule has 1 heterocycles. The van der Waals surface area contributed by atoms with E-state index in [-0.39, 0.29) is 38.3 Å². The molecule has 1 saturated heterocycles. The minimum atomic E-state index is -2.64. The average molecular weight is 233 g/mol. The Morgan fingerprint density at radius 3 is 2.81 bits per heavy atom. The van der Waals surface area contributed by atoms with E-state index in [1.54, 1.807) is 0 Å². The summed E-state index contributed by atoms with van der Waals surface area (Å²) in [5, 5.41) is 0. The summed E-state index contributed by atoms with van der Waals surface area (Å²) in [4.78, 5) is 23.7. The normalized spacial score (nSPS) is 28.2. The molecule has 90 valence electrons. The number of nitrogens with zero attached hydrogens (tertiary/aromatic N) is 1. The summed E-state index contributed by atoms with van der Waals surface area (Å²) in [5.74, 6) is -3.35. The van der Waals surface area contributed by atoms with E-state index in [1.807, 2.05) is 0 Å². The lowest BCUT2D eigenvalue weighted by Crippen LogP contribution is -2.32. The highest BCUT2D eigenvalue weighted by Gasteiger charge is 2.41. The summed E-state index contributed by atoms with van der Waals surface area (Å²) in [6.07, 6.45) is -0.696. The molecule has 0 aromatic heterocycles. The van der Waals surface area contributed by atoms with Gasteiger partial charge in [-0.25, -0.2) is 18.5 Å². The Morgan fingerprint density at radius 2 is 2.31 bits per heavy atom. The van der Waals surface area contributed by atoms with Crippen molar-refractivity contribution in [1.82, 2.24) is 4.90 Å². The Labute approximate surface area is 91.5 Å². The largest absolute Gasteiger partial charge is 0.447 e. The number of imide groups is 1. The molecule has 2 aliphatic rings. The van der Waals surface area contributed by atoms with Crippen LogP contribution in [-0.2, 0) is 9.53 Å². The van der Waals surface area contributed by atoms with Crippen molar-refractivity contribution in [3.63, 3.8) is 0 Å².